The number of rotatable bonds is 2. The van der Waals surface area contributed by atoms with Crippen molar-refractivity contribution in [2.75, 3.05) is 0 Å². The van der Waals surface area contributed by atoms with E-state index < -0.39 is 0 Å². The second kappa shape index (κ2) is 4.48. The van der Waals surface area contributed by atoms with Crippen molar-refractivity contribution in [3.05, 3.63) is 25.2 Å². The van der Waals surface area contributed by atoms with Crippen LogP contribution in [0.15, 0.2) is 6.07 Å². The zero-order valence-electron chi connectivity index (χ0n) is 6.35. The molecule has 0 fully saturated rings. The molecular weight excluding hydrogens is 326 g/mol. The Morgan fingerprint density at radius 3 is 2.69 bits per heavy atom. The summed E-state index contributed by atoms with van der Waals surface area (Å²) >= 11 is 13.4. The first-order chi connectivity index (χ1) is 6.07. The molecule has 0 aliphatic rings. The van der Waals surface area contributed by atoms with E-state index in [2.05, 4.69) is 0 Å². The molecule has 0 radical (unpaired) electrons. The third-order valence-corrected chi connectivity index (χ3v) is 3.68. The van der Waals surface area contributed by atoms with Gasteiger partial charge in [0.1, 0.15) is 12.0 Å². The Balaban J connectivity index is 3.31. The Labute approximate surface area is 99.0 Å². The normalized spacial score (nSPS) is 10.1. The Morgan fingerprint density at radius 1 is 1.54 bits per heavy atom. The molecule has 0 bridgehead atoms. The van der Waals surface area contributed by atoms with Crippen LogP contribution in [0.4, 0.5) is 0 Å². The highest BCUT2D eigenvalue weighted by molar-refractivity contribution is 14.1. The zero-order valence-corrected chi connectivity index (χ0v) is 10.0. The summed E-state index contributed by atoms with van der Waals surface area (Å²) in [7, 11) is 0. The monoisotopic (exact) mass is 330 g/mol. The second-order valence-electron chi connectivity index (χ2n) is 2.36. The molecule has 0 amide bonds. The largest absolute Gasteiger partial charge is 0.506 e. The Bertz CT molecular complexity index is 352. The van der Waals surface area contributed by atoms with Crippen molar-refractivity contribution in [1.82, 2.24) is 0 Å². The molecular formula is C8H5Cl2IO2. The molecule has 0 saturated heterocycles. The minimum atomic E-state index is 0.0297. The van der Waals surface area contributed by atoms with Gasteiger partial charge >= 0.3 is 0 Å². The highest BCUT2D eigenvalue weighted by Gasteiger charge is 2.12. The van der Waals surface area contributed by atoms with Crippen molar-refractivity contribution in [2.24, 2.45) is 0 Å². The molecule has 0 aromatic heterocycles. The maximum Gasteiger partial charge on any atom is 0.134 e. The van der Waals surface area contributed by atoms with Gasteiger partial charge in [-0.15, -0.1) is 0 Å². The summed E-state index contributed by atoms with van der Waals surface area (Å²) in [5, 5.41) is 10.2. The number of hydrogen-bond donors (Lipinski definition) is 1. The third kappa shape index (κ3) is 2.27. The van der Waals surface area contributed by atoms with E-state index in [0.717, 1.165) is 0 Å². The van der Waals surface area contributed by atoms with Crippen LogP contribution in [0.25, 0.3) is 0 Å². The highest BCUT2D eigenvalue weighted by Crippen LogP contribution is 2.36. The molecule has 1 rings (SSSR count). The summed E-state index contributed by atoms with van der Waals surface area (Å²) < 4.78 is 0.476. The van der Waals surface area contributed by atoms with E-state index >= 15 is 0 Å². The van der Waals surface area contributed by atoms with Crippen molar-refractivity contribution in [3.8, 4) is 5.75 Å². The standard InChI is InChI=1S/C8H5Cl2IO2/c9-5-3-4(1-2-12)8(13)7(11)6(5)10/h2-3,13H,1H2. The average molecular weight is 331 g/mol. The van der Waals surface area contributed by atoms with Crippen molar-refractivity contribution >= 4 is 52.1 Å². The lowest BCUT2D eigenvalue weighted by Crippen LogP contribution is -1.90. The van der Waals surface area contributed by atoms with Crippen molar-refractivity contribution in [1.29, 1.82) is 0 Å². The minimum absolute atomic E-state index is 0.0297. The van der Waals surface area contributed by atoms with E-state index in [-0.39, 0.29) is 12.2 Å². The molecule has 0 heterocycles. The van der Waals surface area contributed by atoms with Crippen LogP contribution in [0, 0.1) is 3.57 Å². The van der Waals surface area contributed by atoms with Crippen LogP contribution >= 0.6 is 45.8 Å². The van der Waals surface area contributed by atoms with Crippen LogP contribution < -0.4 is 0 Å². The van der Waals surface area contributed by atoms with Gasteiger partial charge < -0.3 is 9.90 Å². The van der Waals surface area contributed by atoms with E-state index in [0.29, 0.717) is 25.5 Å². The van der Waals surface area contributed by atoms with Gasteiger partial charge in [0.25, 0.3) is 0 Å². The van der Waals surface area contributed by atoms with Gasteiger partial charge in [-0.05, 0) is 28.7 Å². The lowest BCUT2D eigenvalue weighted by molar-refractivity contribution is -0.107. The number of halogens is 3. The Kier molecular flexibility index (Phi) is 3.82. The number of carbonyl (C=O) groups excluding carboxylic acids is 1. The number of aromatic hydroxyl groups is 1. The first-order valence-corrected chi connectivity index (χ1v) is 5.20. The third-order valence-electron chi connectivity index (χ3n) is 1.52. The van der Waals surface area contributed by atoms with E-state index in [9.17, 15) is 9.90 Å². The maximum atomic E-state index is 10.2. The molecule has 0 unspecified atom stereocenters. The second-order valence-corrected chi connectivity index (χ2v) is 4.23. The fourth-order valence-corrected chi connectivity index (χ4v) is 2.05. The maximum absolute atomic E-state index is 10.2. The molecule has 0 saturated carbocycles. The molecule has 70 valence electrons. The van der Waals surface area contributed by atoms with Crippen LogP contribution in [0.5, 0.6) is 5.75 Å². The van der Waals surface area contributed by atoms with Crippen molar-refractivity contribution in [2.45, 2.75) is 6.42 Å². The summed E-state index contributed by atoms with van der Waals surface area (Å²) in [6.45, 7) is 0. The van der Waals surface area contributed by atoms with Gasteiger partial charge in [0.15, 0.2) is 0 Å². The lowest BCUT2D eigenvalue weighted by Gasteiger charge is -2.06. The quantitative estimate of drug-likeness (QED) is 0.514. The predicted molar refractivity (Wildman–Crippen MR) is 60.6 cm³/mol. The molecule has 0 atom stereocenters. The number of hydrogen-bond acceptors (Lipinski definition) is 2. The van der Waals surface area contributed by atoms with Crippen LogP contribution in [0.3, 0.4) is 0 Å². The number of carbonyl (C=O) groups is 1. The van der Waals surface area contributed by atoms with E-state index in [1.54, 1.807) is 0 Å². The summed E-state index contributed by atoms with van der Waals surface area (Å²) in [6, 6.07) is 1.50. The fraction of sp³-hybridized carbons (Fsp3) is 0.125. The number of benzene rings is 1. The van der Waals surface area contributed by atoms with Gasteiger partial charge in [-0.25, -0.2) is 0 Å². The Hall–Kier alpha value is -0.000000000000000111. The summed E-state index contributed by atoms with van der Waals surface area (Å²) in [6.07, 6.45) is 0.841. The molecule has 2 nitrogen and oxygen atoms in total. The highest BCUT2D eigenvalue weighted by atomic mass is 127. The van der Waals surface area contributed by atoms with Gasteiger partial charge in [0, 0.05) is 12.0 Å². The first-order valence-electron chi connectivity index (χ1n) is 3.37. The molecule has 13 heavy (non-hydrogen) atoms. The van der Waals surface area contributed by atoms with Crippen LogP contribution in [-0.2, 0) is 11.2 Å². The Morgan fingerprint density at radius 2 is 2.15 bits per heavy atom. The molecule has 1 aromatic carbocycles. The van der Waals surface area contributed by atoms with Gasteiger partial charge in [0.2, 0.25) is 0 Å². The molecule has 0 spiro atoms. The summed E-state index contributed by atoms with van der Waals surface area (Å²) in [5.41, 5.74) is 0.494. The van der Waals surface area contributed by atoms with Gasteiger partial charge in [0.05, 0.1) is 13.6 Å². The SMILES string of the molecule is O=CCc1cc(Cl)c(Cl)c(I)c1O. The molecule has 1 N–H and O–H groups in total. The van der Waals surface area contributed by atoms with Crippen LogP contribution in [0.1, 0.15) is 5.56 Å². The van der Waals surface area contributed by atoms with Crippen molar-refractivity contribution in [3.63, 3.8) is 0 Å². The summed E-state index contributed by atoms with van der Waals surface area (Å²) in [4.78, 5) is 10.2. The minimum Gasteiger partial charge on any atom is -0.506 e. The smallest absolute Gasteiger partial charge is 0.134 e. The zero-order chi connectivity index (χ0) is 10.0. The topological polar surface area (TPSA) is 37.3 Å². The van der Waals surface area contributed by atoms with E-state index in [1.165, 1.54) is 6.07 Å². The van der Waals surface area contributed by atoms with Gasteiger partial charge in [-0.3, -0.25) is 0 Å². The average Bonchev–Trinajstić information content (AvgIpc) is 2.11. The molecule has 0 aliphatic carbocycles. The lowest BCUT2D eigenvalue weighted by atomic mass is 10.1. The first kappa shape index (κ1) is 11.1. The molecule has 1 aromatic rings. The molecule has 5 heteroatoms. The van der Waals surface area contributed by atoms with Gasteiger partial charge in [-0.2, -0.15) is 0 Å². The number of phenols is 1. The van der Waals surface area contributed by atoms with Crippen molar-refractivity contribution < 1.29 is 9.90 Å². The van der Waals surface area contributed by atoms with Crippen LogP contribution in [0.2, 0.25) is 10.0 Å². The number of phenolic OH excluding ortho intramolecular Hbond substituents is 1. The van der Waals surface area contributed by atoms with Gasteiger partial charge in [-0.1, -0.05) is 23.2 Å². The predicted octanol–water partition coefficient (Wildman–Crippen LogP) is 3.05. The number of aldehydes is 1. The van der Waals surface area contributed by atoms with Crippen LogP contribution in [-0.4, -0.2) is 11.4 Å². The summed E-state index contributed by atoms with van der Waals surface area (Å²) in [5.74, 6) is 0.0297. The fourth-order valence-electron chi connectivity index (χ4n) is 0.880. The van der Waals surface area contributed by atoms with E-state index in [4.69, 9.17) is 23.2 Å². The van der Waals surface area contributed by atoms with E-state index in [1.807, 2.05) is 22.6 Å². The molecule has 0 aliphatic heterocycles.